The number of phenolic OH excluding ortho intramolecular Hbond substituents is 1. The molecule has 0 spiro atoms. The Labute approximate surface area is 483 Å². The smallest absolute Gasteiger partial charge is 0.407 e. The van der Waals surface area contributed by atoms with Gasteiger partial charge < -0.3 is 34.9 Å². The number of aryl methyl sites for hydroxylation is 2. The number of hydrogen-bond acceptors (Lipinski definition) is 14. The summed E-state index contributed by atoms with van der Waals surface area (Å²) < 4.78 is 44.6. The quantitative estimate of drug-likeness (QED) is 0.0338. The lowest BCUT2D eigenvalue weighted by Gasteiger charge is -2.34. The number of carbonyl (C=O) groups is 4. The standard InChI is InChI=1S/C33H49N5O5.C26H21F2N5O2.C4H8O/c1-36-30-24(14-11-16-27(30)38(33(36)42)28-19-20-29(39)35-31(28)40)13-9-7-5-3-2-4-6-8-10-21-34-32(41)43-23-26-18-17-25-15-12-22-37(25)26;1-3-17-20(27)7-4-13-8-16(34)9-18(21(13)17)23-22(28)24-19(10-29-23)25(32-26(31-24)35-2)33-11-14-5-6-15(12-33)30-14;1-3-4(2)5/h11,14,16,25-26,28H,2-10,12-13,15,17-23H2,1H3,(H,34,41)(H,35,39,40);1,4,7-10,14-15,30,34H,5-6,11-12H2,2H3;3H2,1-2H3. The number of anilines is 1. The summed E-state index contributed by atoms with van der Waals surface area (Å²) in [5.41, 5.74) is 2.61. The number of alkyl carbamates (subject to hydrolysis) is 1. The maximum absolute atomic E-state index is 16.1. The van der Waals surface area contributed by atoms with E-state index >= 15 is 4.39 Å². The number of nitrogens with zero attached hydrogens (tertiary/aromatic N) is 7. The monoisotopic (exact) mass is 1140 g/mol. The number of imide groups is 1. The molecular weight excluding hydrogens is 1060 g/mol. The predicted molar refractivity (Wildman–Crippen MR) is 315 cm³/mol. The van der Waals surface area contributed by atoms with Gasteiger partial charge in [-0.05, 0) is 113 Å². The largest absolute Gasteiger partial charge is 0.508 e. The minimum Gasteiger partial charge on any atom is -0.508 e. The predicted octanol–water partition coefficient (Wildman–Crippen LogP) is 9.47. The number of rotatable bonds is 19. The van der Waals surface area contributed by atoms with Crippen LogP contribution in [0.3, 0.4) is 0 Å². The number of benzene rings is 3. The SMILES string of the molecule is C#Cc1c(F)ccc2cc(O)cc(-c3ncc4c(N5CC6CCC(C5)N6)nc(OC)nc4c3F)c12.CCC(C)=O.Cn1c(=O)n(C2CCC(=O)NC2=O)c2cccc(CCCCCCCCCCCNC(=O)OCC3CCC4CCCN43)c21. The molecule has 5 aliphatic rings. The first kappa shape index (κ1) is 60.1. The van der Waals surface area contributed by atoms with Crippen LogP contribution in [0.5, 0.6) is 11.8 Å². The normalized spacial score (nSPS) is 20.1. The number of carbonyl (C=O) groups excluding carboxylic acids is 4. The van der Waals surface area contributed by atoms with Gasteiger partial charge in [-0.15, -0.1) is 6.42 Å². The van der Waals surface area contributed by atoms with Gasteiger partial charge in [0, 0.05) is 80.8 Å². The molecule has 8 heterocycles. The minimum absolute atomic E-state index is 0.0258. The fourth-order valence-corrected chi connectivity index (χ4v) is 12.7. The van der Waals surface area contributed by atoms with Crippen LogP contribution in [-0.2, 0) is 32.6 Å². The van der Waals surface area contributed by atoms with Crippen molar-refractivity contribution in [3.8, 4) is 35.4 Å². The van der Waals surface area contributed by atoms with Crippen molar-refractivity contribution in [2.75, 3.05) is 44.8 Å². The Hall–Kier alpha value is -7.50. The van der Waals surface area contributed by atoms with Gasteiger partial charge in [-0.25, -0.2) is 18.4 Å². The van der Waals surface area contributed by atoms with Gasteiger partial charge in [0.15, 0.2) is 5.82 Å². The van der Waals surface area contributed by atoms with Gasteiger partial charge in [0.2, 0.25) is 11.8 Å². The summed E-state index contributed by atoms with van der Waals surface area (Å²) in [4.78, 5) is 76.9. The second kappa shape index (κ2) is 27.7. The van der Waals surface area contributed by atoms with Gasteiger partial charge in [-0.3, -0.25) is 33.9 Å². The Kier molecular flexibility index (Phi) is 20.1. The number of piperazine rings is 1. The molecule has 3 aromatic heterocycles. The molecule has 18 nitrogen and oxygen atoms in total. The van der Waals surface area contributed by atoms with Gasteiger partial charge in [0.05, 0.1) is 29.1 Å². The van der Waals surface area contributed by atoms with Crippen LogP contribution < -0.4 is 31.3 Å². The molecule has 6 aromatic rings. The van der Waals surface area contributed by atoms with Crippen molar-refractivity contribution in [1.82, 2.24) is 44.9 Å². The van der Waals surface area contributed by atoms with E-state index in [1.54, 1.807) is 23.1 Å². The van der Waals surface area contributed by atoms with Crippen molar-refractivity contribution >= 4 is 62.2 Å². The Balaban J connectivity index is 0.000000187. The molecule has 4 N–H and O–H groups in total. The first-order valence-electron chi connectivity index (χ1n) is 29.7. The highest BCUT2D eigenvalue weighted by Gasteiger charge is 2.38. The van der Waals surface area contributed by atoms with Crippen LogP contribution in [0.25, 0.3) is 44.0 Å². The van der Waals surface area contributed by atoms with Crippen molar-refractivity contribution in [1.29, 1.82) is 0 Å². The minimum atomic E-state index is -0.735. The number of pyridine rings is 1. The zero-order valence-corrected chi connectivity index (χ0v) is 48.2. The number of fused-ring (bicyclic) bond motifs is 6. The fourth-order valence-electron chi connectivity index (χ4n) is 12.7. The topological polar surface area (TPSA) is 215 Å². The zero-order valence-electron chi connectivity index (χ0n) is 48.2. The first-order chi connectivity index (χ1) is 40.2. The van der Waals surface area contributed by atoms with E-state index in [1.165, 1.54) is 88.9 Å². The highest BCUT2D eigenvalue weighted by molar-refractivity contribution is 6.03. The van der Waals surface area contributed by atoms with E-state index in [0.717, 1.165) is 93.6 Å². The summed E-state index contributed by atoms with van der Waals surface area (Å²) in [5, 5.41) is 20.4. The lowest BCUT2D eigenvalue weighted by molar-refractivity contribution is -0.135. The van der Waals surface area contributed by atoms with E-state index in [0.29, 0.717) is 60.7 Å². The zero-order chi connectivity index (χ0) is 58.7. The second-order valence-electron chi connectivity index (χ2n) is 22.7. The number of amides is 3. The second-order valence-corrected chi connectivity index (χ2v) is 22.7. The number of aromatic nitrogens is 5. The van der Waals surface area contributed by atoms with Gasteiger partial charge in [0.25, 0.3) is 0 Å². The molecule has 20 heteroatoms. The van der Waals surface area contributed by atoms with Gasteiger partial charge in [0.1, 0.15) is 47.0 Å². The maximum atomic E-state index is 16.1. The summed E-state index contributed by atoms with van der Waals surface area (Å²) >= 11 is 0. The van der Waals surface area contributed by atoms with E-state index in [-0.39, 0.29) is 69.4 Å². The van der Waals surface area contributed by atoms with Gasteiger partial charge in [-0.2, -0.15) is 9.97 Å². The molecule has 5 fully saturated rings. The molecule has 5 unspecified atom stereocenters. The molecule has 0 saturated carbocycles. The first-order valence-corrected chi connectivity index (χ1v) is 29.7. The van der Waals surface area contributed by atoms with Crippen molar-refractivity contribution in [3.05, 3.63) is 81.9 Å². The van der Waals surface area contributed by atoms with Crippen LogP contribution in [0.4, 0.5) is 19.4 Å². The van der Waals surface area contributed by atoms with Crippen molar-refractivity contribution < 1.29 is 42.5 Å². The van der Waals surface area contributed by atoms with E-state index in [4.69, 9.17) is 15.9 Å². The number of terminal acetylenes is 1. The third kappa shape index (κ3) is 14.0. The summed E-state index contributed by atoms with van der Waals surface area (Å²) in [5.74, 6) is 0.995. The molecular formula is C63H78F2N10O8. The Morgan fingerprint density at radius 2 is 1.64 bits per heavy atom. The average Bonchev–Trinajstić information content (AvgIpc) is 3.12. The molecule has 442 valence electrons. The molecule has 5 aliphatic heterocycles. The highest BCUT2D eigenvalue weighted by Crippen LogP contribution is 2.40. The maximum Gasteiger partial charge on any atom is 0.407 e. The summed E-state index contributed by atoms with van der Waals surface area (Å²) in [6.07, 6.45) is 26.5. The van der Waals surface area contributed by atoms with Crippen LogP contribution in [0.15, 0.2) is 53.5 Å². The Bertz CT molecular complexity index is 3440. The average molecular weight is 1140 g/mol. The van der Waals surface area contributed by atoms with Crippen LogP contribution in [0, 0.1) is 24.0 Å². The van der Waals surface area contributed by atoms with Crippen molar-refractivity contribution in [2.24, 2.45) is 7.05 Å². The third-order valence-electron chi connectivity index (χ3n) is 17.0. The van der Waals surface area contributed by atoms with Gasteiger partial charge in [-0.1, -0.05) is 76.0 Å². The van der Waals surface area contributed by atoms with E-state index in [1.807, 2.05) is 19.1 Å². The number of methoxy groups -OCH3 is 1. The number of unbranched alkanes of at least 4 members (excludes halogenated alkanes) is 8. The van der Waals surface area contributed by atoms with Crippen molar-refractivity contribution in [2.45, 2.75) is 166 Å². The lowest BCUT2D eigenvalue weighted by atomic mass is 9.96. The van der Waals surface area contributed by atoms with E-state index in [9.17, 15) is 33.5 Å². The number of ketones is 1. The molecule has 11 rings (SSSR count). The number of hydrogen-bond donors (Lipinski definition) is 4. The Morgan fingerprint density at radius 1 is 0.916 bits per heavy atom. The number of ether oxygens (including phenoxy) is 2. The fraction of sp³-hybridized carbons (Fsp3) is 0.524. The highest BCUT2D eigenvalue weighted by atomic mass is 19.1. The number of halogens is 2. The molecule has 3 amide bonds. The number of Topliss-reactive ketones (excluding diaryl/α,β-unsaturated/α-hetero) is 1. The van der Waals surface area contributed by atoms with Crippen LogP contribution >= 0.6 is 0 Å². The number of aromatic hydroxyl groups is 1. The number of phenols is 1. The molecule has 3 aromatic carbocycles. The summed E-state index contributed by atoms with van der Waals surface area (Å²) in [7, 11) is 3.19. The summed E-state index contributed by atoms with van der Waals surface area (Å²) in [6, 6.07) is 12.6. The number of piperidine rings is 1. The van der Waals surface area contributed by atoms with Crippen molar-refractivity contribution in [3.63, 3.8) is 0 Å². The molecule has 2 bridgehead atoms. The number of para-hydroxylation sites is 1. The van der Waals surface area contributed by atoms with E-state index < -0.39 is 23.6 Å². The third-order valence-corrected chi connectivity index (χ3v) is 17.0. The molecule has 5 saturated heterocycles. The summed E-state index contributed by atoms with van der Waals surface area (Å²) in [6.45, 7) is 7.27. The number of imidazole rings is 1. The molecule has 0 aliphatic carbocycles. The van der Waals surface area contributed by atoms with E-state index in [2.05, 4.69) is 52.7 Å². The molecule has 0 radical (unpaired) electrons. The van der Waals surface area contributed by atoms with Crippen LogP contribution in [-0.4, -0.2) is 122 Å². The molecule has 83 heavy (non-hydrogen) atoms. The lowest BCUT2D eigenvalue weighted by Crippen LogP contribution is -2.51. The van der Waals surface area contributed by atoms with Crippen LogP contribution in [0.2, 0.25) is 0 Å². The Morgan fingerprint density at radius 3 is 2.34 bits per heavy atom. The van der Waals surface area contributed by atoms with Crippen LogP contribution in [0.1, 0.15) is 147 Å². The number of nitrogens with one attached hydrogen (secondary N) is 3. The molecule has 5 atom stereocenters. The van der Waals surface area contributed by atoms with Gasteiger partial charge >= 0.3 is 17.8 Å².